The molecule has 1 atom stereocenters. The molecule has 0 N–H and O–H groups in total. The first-order valence-electron chi connectivity index (χ1n) is 10.7. The summed E-state index contributed by atoms with van der Waals surface area (Å²) in [5.74, 6) is 0.688. The van der Waals surface area contributed by atoms with E-state index in [4.69, 9.17) is 11.6 Å². The first-order chi connectivity index (χ1) is 14.5. The SMILES string of the molecule is CN1C(=O)N(Cc2ccccc2)CC1CN1CCC(Cc2cc(Cl)ccc2Br)CC1. The minimum absolute atomic E-state index is 0.143. The Morgan fingerprint density at radius 3 is 2.57 bits per heavy atom. The second-order valence-electron chi connectivity index (χ2n) is 8.60. The Labute approximate surface area is 192 Å². The van der Waals surface area contributed by atoms with Crippen LogP contribution in [-0.2, 0) is 13.0 Å². The zero-order valence-electron chi connectivity index (χ0n) is 17.4. The molecule has 2 heterocycles. The number of piperidine rings is 1. The van der Waals surface area contributed by atoms with Crippen molar-refractivity contribution in [2.24, 2.45) is 5.92 Å². The molecule has 4 rings (SSSR count). The van der Waals surface area contributed by atoms with Crippen molar-refractivity contribution in [1.82, 2.24) is 14.7 Å². The molecule has 0 spiro atoms. The van der Waals surface area contributed by atoms with Crippen LogP contribution >= 0.6 is 27.5 Å². The van der Waals surface area contributed by atoms with Gasteiger partial charge in [0.05, 0.1) is 6.04 Å². The summed E-state index contributed by atoms with van der Waals surface area (Å²) < 4.78 is 1.15. The monoisotopic (exact) mass is 489 g/mol. The number of urea groups is 1. The predicted octanol–water partition coefficient (Wildman–Crippen LogP) is 5.29. The van der Waals surface area contributed by atoms with E-state index in [1.807, 2.05) is 47.2 Å². The maximum atomic E-state index is 12.7. The van der Waals surface area contributed by atoms with E-state index in [9.17, 15) is 4.79 Å². The van der Waals surface area contributed by atoms with Gasteiger partial charge in [0.25, 0.3) is 0 Å². The molecule has 2 aliphatic rings. The highest BCUT2D eigenvalue weighted by Gasteiger charge is 2.36. The summed E-state index contributed by atoms with van der Waals surface area (Å²) in [6.45, 7) is 4.65. The highest BCUT2D eigenvalue weighted by atomic mass is 79.9. The van der Waals surface area contributed by atoms with Gasteiger partial charge in [-0.2, -0.15) is 0 Å². The first kappa shape index (κ1) is 21.7. The van der Waals surface area contributed by atoms with Crippen molar-refractivity contribution < 1.29 is 4.79 Å². The average Bonchev–Trinajstić information content (AvgIpc) is 3.00. The lowest BCUT2D eigenvalue weighted by Gasteiger charge is -2.34. The first-order valence-corrected chi connectivity index (χ1v) is 11.9. The minimum Gasteiger partial charge on any atom is -0.322 e. The zero-order valence-corrected chi connectivity index (χ0v) is 19.8. The second-order valence-corrected chi connectivity index (χ2v) is 9.89. The van der Waals surface area contributed by atoms with Crippen molar-refractivity contribution >= 4 is 33.6 Å². The number of amides is 2. The van der Waals surface area contributed by atoms with E-state index in [1.165, 1.54) is 24.0 Å². The molecular weight excluding hydrogens is 462 g/mol. The third-order valence-corrected chi connectivity index (χ3v) is 7.47. The van der Waals surface area contributed by atoms with Gasteiger partial charge in [-0.15, -0.1) is 0 Å². The molecule has 2 amide bonds. The number of halogens is 2. The van der Waals surface area contributed by atoms with Crippen LogP contribution in [0.2, 0.25) is 5.02 Å². The van der Waals surface area contributed by atoms with Crippen molar-refractivity contribution in [3.05, 3.63) is 69.2 Å². The Balaban J connectivity index is 1.27. The normalized spacial score (nSPS) is 20.9. The molecule has 0 bridgehead atoms. The van der Waals surface area contributed by atoms with Gasteiger partial charge in [0.2, 0.25) is 0 Å². The number of rotatable bonds is 6. The second kappa shape index (κ2) is 9.71. The van der Waals surface area contributed by atoms with Crippen LogP contribution < -0.4 is 0 Å². The van der Waals surface area contributed by atoms with Crippen LogP contribution in [0.3, 0.4) is 0 Å². The number of likely N-dealkylation sites (N-methyl/N-ethyl adjacent to an activating group) is 1. The van der Waals surface area contributed by atoms with Crippen LogP contribution in [-0.4, -0.2) is 60.0 Å². The summed E-state index contributed by atoms with van der Waals surface area (Å²) >= 11 is 9.83. The lowest BCUT2D eigenvalue weighted by atomic mass is 9.90. The molecule has 2 aromatic carbocycles. The Hall–Kier alpha value is -1.56. The third kappa shape index (κ3) is 5.19. The van der Waals surface area contributed by atoms with E-state index >= 15 is 0 Å². The molecule has 1 unspecified atom stereocenters. The standard InChI is InChI=1S/C24H29BrClN3O/c1-27-22(17-29(24(27)30)15-19-5-3-2-4-6-19)16-28-11-9-18(10-12-28)13-20-14-21(26)7-8-23(20)25/h2-8,14,18,22H,9-13,15-17H2,1H3. The van der Waals surface area contributed by atoms with Gasteiger partial charge in [-0.05, 0) is 67.6 Å². The number of hydrogen-bond donors (Lipinski definition) is 0. The smallest absolute Gasteiger partial charge is 0.320 e. The number of likely N-dealkylation sites (tertiary alicyclic amines) is 1. The lowest BCUT2D eigenvalue weighted by Crippen LogP contribution is -2.44. The summed E-state index contributed by atoms with van der Waals surface area (Å²) in [6, 6.07) is 16.7. The van der Waals surface area contributed by atoms with E-state index in [2.05, 4.69) is 39.0 Å². The molecule has 2 aliphatic heterocycles. The fraction of sp³-hybridized carbons (Fsp3) is 0.458. The summed E-state index contributed by atoms with van der Waals surface area (Å²) in [4.78, 5) is 19.1. The molecule has 30 heavy (non-hydrogen) atoms. The van der Waals surface area contributed by atoms with E-state index < -0.39 is 0 Å². The summed E-state index contributed by atoms with van der Waals surface area (Å²) in [6.07, 6.45) is 3.45. The van der Waals surface area contributed by atoms with Crippen LogP contribution in [0.1, 0.15) is 24.0 Å². The Morgan fingerprint density at radius 2 is 1.83 bits per heavy atom. The number of benzene rings is 2. The number of carbonyl (C=O) groups is 1. The summed E-state index contributed by atoms with van der Waals surface area (Å²) in [5, 5.41) is 0.805. The van der Waals surface area contributed by atoms with Gasteiger partial charge in [-0.3, -0.25) is 0 Å². The zero-order chi connectivity index (χ0) is 21.1. The maximum absolute atomic E-state index is 12.7. The highest BCUT2D eigenvalue weighted by molar-refractivity contribution is 9.10. The average molecular weight is 491 g/mol. The van der Waals surface area contributed by atoms with Gasteiger partial charge >= 0.3 is 6.03 Å². The van der Waals surface area contributed by atoms with Gasteiger partial charge in [0, 0.05) is 36.2 Å². The van der Waals surface area contributed by atoms with Crippen LogP contribution in [0.4, 0.5) is 4.79 Å². The van der Waals surface area contributed by atoms with Crippen LogP contribution in [0.15, 0.2) is 53.0 Å². The maximum Gasteiger partial charge on any atom is 0.320 e. The fourth-order valence-corrected chi connectivity index (χ4v) is 5.24. The molecule has 4 nitrogen and oxygen atoms in total. The van der Waals surface area contributed by atoms with Crippen molar-refractivity contribution in [2.45, 2.75) is 31.8 Å². The van der Waals surface area contributed by atoms with E-state index in [0.717, 1.165) is 42.1 Å². The van der Waals surface area contributed by atoms with Gasteiger partial charge in [-0.25, -0.2) is 4.79 Å². The number of hydrogen-bond acceptors (Lipinski definition) is 2. The highest BCUT2D eigenvalue weighted by Crippen LogP contribution is 2.28. The predicted molar refractivity (Wildman–Crippen MR) is 126 cm³/mol. The van der Waals surface area contributed by atoms with Gasteiger partial charge < -0.3 is 14.7 Å². The minimum atomic E-state index is 0.143. The molecule has 0 aliphatic carbocycles. The Kier molecular flexibility index (Phi) is 7.01. The van der Waals surface area contributed by atoms with E-state index in [0.29, 0.717) is 12.5 Å². The topological polar surface area (TPSA) is 26.8 Å². The summed E-state index contributed by atoms with van der Waals surface area (Å²) in [5.41, 5.74) is 2.49. The Morgan fingerprint density at radius 1 is 1.10 bits per heavy atom. The van der Waals surface area contributed by atoms with Gasteiger partial charge in [-0.1, -0.05) is 57.9 Å². The molecule has 0 aromatic heterocycles. The van der Waals surface area contributed by atoms with Crippen molar-refractivity contribution in [2.75, 3.05) is 33.2 Å². The molecule has 0 radical (unpaired) electrons. The molecule has 2 saturated heterocycles. The van der Waals surface area contributed by atoms with Crippen molar-refractivity contribution in [3.63, 3.8) is 0 Å². The van der Waals surface area contributed by atoms with Gasteiger partial charge in [0.1, 0.15) is 0 Å². The van der Waals surface area contributed by atoms with E-state index in [-0.39, 0.29) is 12.1 Å². The molecule has 160 valence electrons. The van der Waals surface area contributed by atoms with Crippen molar-refractivity contribution in [1.29, 1.82) is 0 Å². The molecular formula is C24H29BrClN3O. The molecule has 2 aromatic rings. The van der Waals surface area contributed by atoms with Gasteiger partial charge in [0.15, 0.2) is 0 Å². The number of nitrogens with zero attached hydrogens (tertiary/aromatic N) is 3. The summed E-state index contributed by atoms with van der Waals surface area (Å²) in [7, 11) is 1.95. The molecule has 0 saturated carbocycles. The van der Waals surface area contributed by atoms with Crippen LogP contribution in [0.25, 0.3) is 0 Å². The largest absolute Gasteiger partial charge is 0.322 e. The van der Waals surface area contributed by atoms with Crippen LogP contribution in [0.5, 0.6) is 0 Å². The fourth-order valence-electron chi connectivity index (χ4n) is 4.63. The van der Waals surface area contributed by atoms with Crippen molar-refractivity contribution in [3.8, 4) is 0 Å². The van der Waals surface area contributed by atoms with E-state index in [1.54, 1.807) is 0 Å². The third-order valence-electron chi connectivity index (χ3n) is 6.46. The van der Waals surface area contributed by atoms with Crippen LogP contribution in [0, 0.1) is 5.92 Å². The quantitative estimate of drug-likeness (QED) is 0.550. The lowest BCUT2D eigenvalue weighted by molar-refractivity contribution is 0.149. The molecule has 2 fully saturated rings. The number of carbonyl (C=O) groups excluding carboxylic acids is 1. The molecule has 6 heteroatoms. The Bertz CT molecular complexity index is 870.